The van der Waals surface area contributed by atoms with Gasteiger partial charge in [0.2, 0.25) is 5.91 Å². The molecule has 2 atom stereocenters. The fourth-order valence-electron chi connectivity index (χ4n) is 4.47. The van der Waals surface area contributed by atoms with Crippen LogP contribution in [0.3, 0.4) is 0 Å². The molecule has 2 aliphatic heterocycles. The van der Waals surface area contributed by atoms with Gasteiger partial charge in [0.1, 0.15) is 11.6 Å². The van der Waals surface area contributed by atoms with Gasteiger partial charge >= 0.3 is 0 Å². The first-order chi connectivity index (χ1) is 14.6. The molecule has 0 spiro atoms. The summed E-state index contributed by atoms with van der Waals surface area (Å²) >= 11 is 0. The van der Waals surface area contributed by atoms with Crippen molar-refractivity contribution in [1.29, 1.82) is 0 Å². The number of guanidine groups is 1. The molecule has 2 unspecified atom stereocenters. The first-order valence-corrected chi connectivity index (χ1v) is 11.1. The molecule has 1 aromatic carbocycles. The lowest BCUT2D eigenvalue weighted by Gasteiger charge is -2.36. The summed E-state index contributed by atoms with van der Waals surface area (Å²) < 4.78 is 28.1. The predicted octanol–water partition coefficient (Wildman–Crippen LogP) is 2.03. The summed E-state index contributed by atoms with van der Waals surface area (Å²) in [4.78, 5) is 23.3. The summed E-state index contributed by atoms with van der Waals surface area (Å²) in [5, 5.41) is 3.41. The molecule has 1 amide bonds. The molecule has 0 bridgehead atoms. The number of nitrogens with one attached hydrogen (secondary N) is 1. The number of halogens is 2. The molecule has 3 fully saturated rings. The molecule has 6 nitrogen and oxygen atoms in total. The molecule has 8 heteroatoms. The Morgan fingerprint density at radius 3 is 2.37 bits per heavy atom. The van der Waals surface area contributed by atoms with E-state index in [0.29, 0.717) is 19.5 Å². The maximum atomic E-state index is 14.1. The molecule has 0 radical (unpaired) electrons. The normalized spacial score (nSPS) is 25.0. The summed E-state index contributed by atoms with van der Waals surface area (Å²) in [6.45, 7) is 8.06. The van der Waals surface area contributed by atoms with Gasteiger partial charge < -0.3 is 15.1 Å². The fourth-order valence-corrected chi connectivity index (χ4v) is 4.47. The molecule has 2 heterocycles. The van der Waals surface area contributed by atoms with Crippen LogP contribution >= 0.6 is 0 Å². The molecule has 2 saturated heterocycles. The Balaban J connectivity index is 1.29. The van der Waals surface area contributed by atoms with Crippen molar-refractivity contribution in [1.82, 2.24) is 20.0 Å². The maximum absolute atomic E-state index is 14.1. The van der Waals surface area contributed by atoms with Crippen molar-refractivity contribution in [2.24, 2.45) is 4.99 Å². The van der Waals surface area contributed by atoms with Crippen LogP contribution in [0.25, 0.3) is 0 Å². The minimum atomic E-state index is -0.477. The Hall–Kier alpha value is -2.22. The number of carbonyl (C=O) groups excluding carboxylic acids is 1. The zero-order valence-electron chi connectivity index (χ0n) is 17.6. The molecule has 1 N–H and O–H groups in total. The van der Waals surface area contributed by atoms with Crippen LogP contribution in [-0.2, 0) is 4.79 Å². The Morgan fingerprint density at radius 1 is 1.07 bits per heavy atom. The lowest BCUT2D eigenvalue weighted by atomic mass is 10.1. The number of nitrogens with zero attached hydrogens (tertiary/aromatic N) is 4. The largest absolute Gasteiger partial charge is 0.353 e. The maximum Gasteiger partial charge on any atom is 0.236 e. The molecule has 30 heavy (non-hydrogen) atoms. The number of benzene rings is 1. The van der Waals surface area contributed by atoms with Crippen molar-refractivity contribution in [3.8, 4) is 0 Å². The highest BCUT2D eigenvalue weighted by Gasteiger charge is 2.43. The molecule has 4 rings (SSSR count). The Bertz CT molecular complexity index is 767. The quantitative estimate of drug-likeness (QED) is 0.586. The smallest absolute Gasteiger partial charge is 0.236 e. The molecule has 164 valence electrons. The van der Waals surface area contributed by atoms with Gasteiger partial charge in [-0.25, -0.2) is 8.78 Å². The van der Waals surface area contributed by atoms with E-state index < -0.39 is 11.6 Å². The average molecular weight is 420 g/mol. The number of hydrogen-bond acceptors (Lipinski definition) is 3. The number of piperazine rings is 1. The van der Waals surface area contributed by atoms with Crippen molar-refractivity contribution >= 4 is 11.9 Å². The summed E-state index contributed by atoms with van der Waals surface area (Å²) in [5.41, 5.74) is 0.177. The number of rotatable bonds is 5. The highest BCUT2D eigenvalue weighted by atomic mass is 19.1. The van der Waals surface area contributed by atoms with Crippen molar-refractivity contribution in [3.63, 3.8) is 0 Å². The van der Waals surface area contributed by atoms with Crippen LogP contribution in [0.4, 0.5) is 8.78 Å². The van der Waals surface area contributed by atoms with E-state index in [2.05, 4.69) is 20.1 Å². The van der Waals surface area contributed by atoms with Gasteiger partial charge in [0.25, 0.3) is 0 Å². The third-order valence-corrected chi connectivity index (χ3v) is 6.27. The van der Waals surface area contributed by atoms with E-state index in [9.17, 15) is 13.6 Å². The van der Waals surface area contributed by atoms with Crippen LogP contribution in [0.5, 0.6) is 0 Å². The summed E-state index contributed by atoms with van der Waals surface area (Å²) in [6.07, 6.45) is 2.92. The van der Waals surface area contributed by atoms with Crippen molar-refractivity contribution in [2.75, 3.05) is 52.4 Å². The second-order valence-electron chi connectivity index (χ2n) is 8.38. The number of hydrogen-bond donors (Lipinski definition) is 1. The molecule has 0 aromatic heterocycles. The highest BCUT2D eigenvalue weighted by molar-refractivity contribution is 5.81. The third-order valence-electron chi connectivity index (χ3n) is 6.27. The minimum Gasteiger partial charge on any atom is -0.353 e. The second-order valence-corrected chi connectivity index (χ2v) is 8.38. The van der Waals surface area contributed by atoms with Crippen LogP contribution in [0.1, 0.15) is 37.7 Å². The molecule has 3 aliphatic rings. The van der Waals surface area contributed by atoms with Gasteiger partial charge in [0.15, 0.2) is 5.96 Å². The average Bonchev–Trinajstić information content (AvgIpc) is 3.25. The number of carbonyl (C=O) groups is 1. The van der Waals surface area contributed by atoms with E-state index >= 15 is 0 Å². The van der Waals surface area contributed by atoms with Crippen molar-refractivity contribution in [2.45, 2.75) is 38.1 Å². The van der Waals surface area contributed by atoms with Gasteiger partial charge in [-0.15, -0.1) is 0 Å². The SMILES string of the molecule is CCN=C(NC1CC1c1c(F)cccc1F)N1CCN(CC(=O)N2CCCC2)CC1. The second kappa shape index (κ2) is 9.29. The number of aliphatic imine (C=N–C) groups is 1. The molecular formula is C22H31F2N5O. The monoisotopic (exact) mass is 419 g/mol. The Morgan fingerprint density at radius 2 is 1.73 bits per heavy atom. The Labute approximate surface area is 176 Å². The van der Waals surface area contributed by atoms with Gasteiger partial charge in [0, 0.05) is 63.3 Å². The van der Waals surface area contributed by atoms with E-state index in [0.717, 1.165) is 58.1 Å². The fraction of sp³-hybridized carbons (Fsp3) is 0.636. The van der Waals surface area contributed by atoms with Crippen LogP contribution in [0.15, 0.2) is 23.2 Å². The van der Waals surface area contributed by atoms with Gasteiger partial charge in [-0.2, -0.15) is 0 Å². The minimum absolute atomic E-state index is 0.00326. The predicted molar refractivity (Wildman–Crippen MR) is 112 cm³/mol. The van der Waals surface area contributed by atoms with Crippen molar-refractivity contribution in [3.05, 3.63) is 35.4 Å². The van der Waals surface area contributed by atoms with E-state index in [1.165, 1.54) is 18.2 Å². The van der Waals surface area contributed by atoms with Gasteiger partial charge in [-0.1, -0.05) is 6.07 Å². The summed E-state index contributed by atoms with van der Waals surface area (Å²) in [7, 11) is 0. The van der Waals surface area contributed by atoms with Crippen LogP contribution in [-0.4, -0.2) is 85.0 Å². The standard InChI is InChI=1S/C22H31F2N5O/c1-2-25-22(26-19-14-16(19)21-17(23)6-5-7-18(21)24)29-12-10-27(11-13-29)15-20(30)28-8-3-4-9-28/h5-7,16,19H,2-4,8-15H2,1H3,(H,25,26). The Kier molecular flexibility index (Phi) is 6.51. The number of likely N-dealkylation sites (tertiary alicyclic amines) is 1. The molecule has 1 saturated carbocycles. The topological polar surface area (TPSA) is 51.2 Å². The van der Waals surface area contributed by atoms with Crippen LogP contribution in [0.2, 0.25) is 0 Å². The molecule has 1 aromatic rings. The van der Waals surface area contributed by atoms with E-state index in [1.54, 1.807) is 0 Å². The van der Waals surface area contributed by atoms with Crippen molar-refractivity contribution < 1.29 is 13.6 Å². The molecule has 1 aliphatic carbocycles. The van der Waals surface area contributed by atoms with Crippen LogP contribution in [0, 0.1) is 11.6 Å². The lowest BCUT2D eigenvalue weighted by Crippen LogP contribution is -2.54. The highest BCUT2D eigenvalue weighted by Crippen LogP contribution is 2.43. The number of amides is 1. The van der Waals surface area contributed by atoms with Gasteiger partial charge in [-0.3, -0.25) is 14.7 Å². The summed E-state index contributed by atoms with van der Waals surface area (Å²) in [5.74, 6) is -0.0849. The summed E-state index contributed by atoms with van der Waals surface area (Å²) in [6, 6.07) is 4.03. The van der Waals surface area contributed by atoms with E-state index in [-0.39, 0.29) is 23.4 Å². The lowest BCUT2D eigenvalue weighted by molar-refractivity contribution is -0.131. The zero-order chi connectivity index (χ0) is 21.1. The zero-order valence-corrected chi connectivity index (χ0v) is 17.6. The third kappa shape index (κ3) is 4.74. The van der Waals surface area contributed by atoms with Crippen LogP contribution < -0.4 is 5.32 Å². The van der Waals surface area contributed by atoms with Gasteiger partial charge in [-0.05, 0) is 38.3 Å². The first-order valence-electron chi connectivity index (χ1n) is 11.1. The molecular weight excluding hydrogens is 388 g/mol. The first kappa shape index (κ1) is 21.0. The van der Waals surface area contributed by atoms with Gasteiger partial charge in [0.05, 0.1) is 6.54 Å². The van der Waals surface area contributed by atoms with E-state index in [1.807, 2.05) is 11.8 Å². The van der Waals surface area contributed by atoms with E-state index in [4.69, 9.17) is 0 Å².